The number of rotatable bonds is 9. The predicted octanol–water partition coefficient (Wildman–Crippen LogP) is 3.05. The van der Waals surface area contributed by atoms with Crippen molar-refractivity contribution in [3.63, 3.8) is 0 Å². The van der Waals surface area contributed by atoms with E-state index in [1.807, 2.05) is 0 Å². The molecule has 0 saturated carbocycles. The molecule has 0 aromatic carbocycles. The predicted molar refractivity (Wildman–Crippen MR) is 65.2 cm³/mol. The molecule has 2 unspecified atom stereocenters. The smallest absolute Gasteiger partial charge is 0.302 e. The van der Waals surface area contributed by atoms with Crippen LogP contribution in [-0.2, 0) is 9.53 Å². The van der Waals surface area contributed by atoms with Crippen LogP contribution in [0.4, 0.5) is 0 Å². The Kier molecular flexibility index (Phi) is 9.30. The Labute approximate surface area is 99.2 Å². The number of carbonyl (C=O) groups excluding carboxylic acids is 1. The van der Waals surface area contributed by atoms with Crippen LogP contribution in [0.3, 0.4) is 0 Å². The zero-order valence-electron chi connectivity index (χ0n) is 10.9. The average molecular weight is 230 g/mol. The van der Waals surface area contributed by atoms with Gasteiger partial charge in [0.15, 0.2) is 0 Å². The van der Waals surface area contributed by atoms with Crippen molar-refractivity contribution in [2.45, 2.75) is 77.9 Å². The van der Waals surface area contributed by atoms with Gasteiger partial charge >= 0.3 is 5.97 Å². The quantitative estimate of drug-likeness (QED) is 0.489. The van der Waals surface area contributed by atoms with Crippen LogP contribution >= 0.6 is 0 Å². The van der Waals surface area contributed by atoms with E-state index in [0.717, 1.165) is 19.3 Å². The number of ether oxygens (including phenoxy) is 1. The summed E-state index contributed by atoms with van der Waals surface area (Å²) >= 11 is 0. The van der Waals surface area contributed by atoms with Gasteiger partial charge in [0.25, 0.3) is 0 Å². The third kappa shape index (κ3) is 8.72. The molecule has 3 heteroatoms. The van der Waals surface area contributed by atoms with Gasteiger partial charge < -0.3 is 9.84 Å². The fourth-order valence-corrected chi connectivity index (χ4v) is 1.71. The first-order chi connectivity index (χ1) is 7.57. The van der Waals surface area contributed by atoms with Crippen molar-refractivity contribution < 1.29 is 14.6 Å². The molecule has 0 fully saturated rings. The summed E-state index contributed by atoms with van der Waals surface area (Å²) in [4.78, 5) is 10.7. The first-order valence-electron chi connectivity index (χ1n) is 6.43. The van der Waals surface area contributed by atoms with E-state index in [0.29, 0.717) is 0 Å². The van der Waals surface area contributed by atoms with E-state index in [2.05, 4.69) is 6.92 Å². The highest BCUT2D eigenvalue weighted by molar-refractivity contribution is 5.66. The van der Waals surface area contributed by atoms with Crippen LogP contribution in [0.1, 0.15) is 65.7 Å². The zero-order chi connectivity index (χ0) is 12.4. The SMILES string of the molecule is CCCCCCCCC(O)C(C)OC(C)=O. The van der Waals surface area contributed by atoms with Gasteiger partial charge in [0.05, 0.1) is 6.10 Å². The highest BCUT2D eigenvalue weighted by Gasteiger charge is 2.15. The third-order valence-corrected chi connectivity index (χ3v) is 2.75. The molecule has 96 valence electrons. The Morgan fingerprint density at radius 1 is 1.19 bits per heavy atom. The molecule has 3 nitrogen and oxygen atoms in total. The molecule has 1 N–H and O–H groups in total. The summed E-state index contributed by atoms with van der Waals surface area (Å²) in [5, 5.41) is 9.69. The number of hydrogen-bond acceptors (Lipinski definition) is 3. The van der Waals surface area contributed by atoms with Gasteiger partial charge in [0.1, 0.15) is 6.10 Å². The molecular weight excluding hydrogens is 204 g/mol. The Bertz CT molecular complexity index is 180. The molecule has 0 aromatic heterocycles. The second kappa shape index (κ2) is 9.64. The maximum atomic E-state index is 10.7. The summed E-state index contributed by atoms with van der Waals surface area (Å²) in [7, 11) is 0. The number of unbranched alkanes of at least 4 members (excludes halogenated alkanes) is 5. The summed E-state index contributed by atoms with van der Waals surface area (Å²) < 4.78 is 4.92. The maximum absolute atomic E-state index is 10.7. The summed E-state index contributed by atoms with van der Waals surface area (Å²) in [5.74, 6) is -0.325. The lowest BCUT2D eigenvalue weighted by Gasteiger charge is -2.18. The van der Waals surface area contributed by atoms with Crippen LogP contribution in [0.5, 0.6) is 0 Å². The molecule has 0 radical (unpaired) electrons. The molecule has 2 atom stereocenters. The molecule has 16 heavy (non-hydrogen) atoms. The number of hydrogen-bond donors (Lipinski definition) is 1. The Hall–Kier alpha value is -0.570. The van der Waals surface area contributed by atoms with Crippen LogP contribution in [0.2, 0.25) is 0 Å². The van der Waals surface area contributed by atoms with E-state index in [1.165, 1.54) is 32.6 Å². The highest BCUT2D eigenvalue weighted by atomic mass is 16.6. The van der Waals surface area contributed by atoms with Crippen molar-refractivity contribution in [1.82, 2.24) is 0 Å². The minimum atomic E-state index is -0.518. The monoisotopic (exact) mass is 230 g/mol. The Morgan fingerprint density at radius 3 is 2.31 bits per heavy atom. The lowest BCUT2D eigenvalue weighted by atomic mass is 10.0. The van der Waals surface area contributed by atoms with E-state index in [4.69, 9.17) is 4.74 Å². The van der Waals surface area contributed by atoms with Gasteiger partial charge in [-0.2, -0.15) is 0 Å². The van der Waals surface area contributed by atoms with E-state index in [9.17, 15) is 9.90 Å². The summed E-state index contributed by atoms with van der Waals surface area (Å²) in [5.41, 5.74) is 0. The minimum absolute atomic E-state index is 0.325. The molecule has 0 spiro atoms. The molecule has 0 saturated heterocycles. The Morgan fingerprint density at radius 2 is 1.75 bits per heavy atom. The molecule has 0 amide bonds. The van der Waals surface area contributed by atoms with Crippen molar-refractivity contribution in [3.8, 4) is 0 Å². The third-order valence-electron chi connectivity index (χ3n) is 2.75. The van der Waals surface area contributed by atoms with E-state index in [-0.39, 0.29) is 12.1 Å². The molecule has 0 heterocycles. The number of aliphatic hydroxyl groups excluding tert-OH is 1. The summed E-state index contributed by atoms with van der Waals surface area (Å²) in [6.45, 7) is 5.31. The van der Waals surface area contributed by atoms with Crippen molar-refractivity contribution in [1.29, 1.82) is 0 Å². The first-order valence-corrected chi connectivity index (χ1v) is 6.43. The minimum Gasteiger partial charge on any atom is -0.460 e. The van der Waals surface area contributed by atoms with Crippen LogP contribution < -0.4 is 0 Å². The normalized spacial score (nSPS) is 14.5. The molecule has 0 bridgehead atoms. The van der Waals surface area contributed by atoms with Crippen LogP contribution in [0, 0.1) is 0 Å². The van der Waals surface area contributed by atoms with Gasteiger partial charge in [0.2, 0.25) is 0 Å². The molecule has 0 aliphatic rings. The highest BCUT2D eigenvalue weighted by Crippen LogP contribution is 2.11. The standard InChI is InChI=1S/C13H26O3/c1-4-5-6-7-8-9-10-13(15)11(2)16-12(3)14/h11,13,15H,4-10H2,1-3H3. The first kappa shape index (κ1) is 15.4. The van der Waals surface area contributed by atoms with E-state index < -0.39 is 6.10 Å². The Balaban J connectivity index is 3.42. The van der Waals surface area contributed by atoms with Crippen molar-refractivity contribution in [2.75, 3.05) is 0 Å². The fraction of sp³-hybridized carbons (Fsp3) is 0.923. The topological polar surface area (TPSA) is 46.5 Å². The van der Waals surface area contributed by atoms with Crippen molar-refractivity contribution in [2.24, 2.45) is 0 Å². The van der Waals surface area contributed by atoms with Gasteiger partial charge in [0, 0.05) is 6.92 Å². The van der Waals surface area contributed by atoms with Crippen LogP contribution in [0.25, 0.3) is 0 Å². The number of esters is 1. The fourth-order valence-electron chi connectivity index (χ4n) is 1.71. The van der Waals surface area contributed by atoms with Gasteiger partial charge in [-0.05, 0) is 13.3 Å². The van der Waals surface area contributed by atoms with Crippen LogP contribution in [-0.4, -0.2) is 23.3 Å². The summed E-state index contributed by atoms with van der Waals surface area (Å²) in [6, 6.07) is 0. The summed E-state index contributed by atoms with van der Waals surface area (Å²) in [6.07, 6.45) is 7.07. The van der Waals surface area contributed by atoms with Crippen molar-refractivity contribution >= 4 is 5.97 Å². The maximum Gasteiger partial charge on any atom is 0.302 e. The van der Waals surface area contributed by atoms with Crippen LogP contribution in [0.15, 0.2) is 0 Å². The molecular formula is C13H26O3. The van der Waals surface area contributed by atoms with Crippen molar-refractivity contribution in [3.05, 3.63) is 0 Å². The van der Waals surface area contributed by atoms with Gasteiger partial charge in [-0.15, -0.1) is 0 Å². The largest absolute Gasteiger partial charge is 0.460 e. The van der Waals surface area contributed by atoms with E-state index in [1.54, 1.807) is 6.92 Å². The molecule has 0 rings (SSSR count). The zero-order valence-corrected chi connectivity index (χ0v) is 10.9. The molecule has 0 aliphatic carbocycles. The van der Waals surface area contributed by atoms with Gasteiger partial charge in [-0.3, -0.25) is 4.79 Å². The molecule has 0 aromatic rings. The molecule has 0 aliphatic heterocycles. The van der Waals surface area contributed by atoms with Gasteiger partial charge in [-0.25, -0.2) is 0 Å². The number of aliphatic hydroxyl groups is 1. The van der Waals surface area contributed by atoms with E-state index >= 15 is 0 Å². The lowest BCUT2D eigenvalue weighted by molar-refractivity contribution is -0.151. The van der Waals surface area contributed by atoms with Gasteiger partial charge in [-0.1, -0.05) is 45.4 Å². The number of carbonyl (C=O) groups is 1. The second-order valence-electron chi connectivity index (χ2n) is 4.44. The lowest BCUT2D eigenvalue weighted by Crippen LogP contribution is -2.27. The second-order valence-corrected chi connectivity index (χ2v) is 4.44. The average Bonchev–Trinajstić information content (AvgIpc) is 2.21.